The van der Waals surface area contributed by atoms with Crippen LogP contribution in [0.15, 0.2) is 81.9 Å². The summed E-state index contributed by atoms with van der Waals surface area (Å²) in [5.74, 6) is 0.107. The molecule has 0 saturated heterocycles. The van der Waals surface area contributed by atoms with E-state index in [1.165, 1.54) is 16.7 Å². The van der Waals surface area contributed by atoms with Crippen LogP contribution >= 0.6 is 11.6 Å². The van der Waals surface area contributed by atoms with Crippen molar-refractivity contribution in [1.29, 1.82) is 0 Å². The van der Waals surface area contributed by atoms with E-state index in [0.29, 0.717) is 11.3 Å². The summed E-state index contributed by atoms with van der Waals surface area (Å²) in [6.07, 6.45) is 8.48. The molecule has 4 N–H and O–H groups in total. The van der Waals surface area contributed by atoms with Gasteiger partial charge in [0.2, 0.25) is 0 Å². The zero-order valence-corrected chi connectivity index (χ0v) is 19.4. The van der Waals surface area contributed by atoms with Gasteiger partial charge in [-0.05, 0) is 72.9 Å². The molecule has 33 heavy (non-hydrogen) atoms. The Balaban J connectivity index is 1.30. The molecule has 2 heterocycles. The van der Waals surface area contributed by atoms with Crippen LogP contribution in [0.4, 0.5) is 11.4 Å². The molecule has 0 fully saturated rings. The van der Waals surface area contributed by atoms with Crippen molar-refractivity contribution in [2.75, 3.05) is 18.8 Å². The quantitative estimate of drug-likeness (QED) is 0.322. The summed E-state index contributed by atoms with van der Waals surface area (Å²) >= 11 is 6.20. The number of halogens is 1. The van der Waals surface area contributed by atoms with Gasteiger partial charge in [-0.1, -0.05) is 35.9 Å². The summed E-state index contributed by atoms with van der Waals surface area (Å²) in [6, 6.07) is 13.8. The van der Waals surface area contributed by atoms with Crippen molar-refractivity contribution in [3.8, 4) is 5.88 Å². The van der Waals surface area contributed by atoms with Gasteiger partial charge in [0.1, 0.15) is 0 Å². The monoisotopic (exact) mass is 458 g/mol. The van der Waals surface area contributed by atoms with Gasteiger partial charge in [-0.25, -0.2) is 0 Å². The van der Waals surface area contributed by atoms with E-state index in [1.54, 1.807) is 0 Å². The first-order valence-electron chi connectivity index (χ1n) is 11.2. The molecule has 0 atom stereocenters. The minimum atomic E-state index is 0.107. The second-order valence-corrected chi connectivity index (χ2v) is 9.13. The summed E-state index contributed by atoms with van der Waals surface area (Å²) < 4.78 is 0. The number of nitrogens with zero attached hydrogens (tertiary/aromatic N) is 2. The molecular weight excluding hydrogens is 432 g/mol. The third-order valence-corrected chi connectivity index (χ3v) is 6.60. The van der Waals surface area contributed by atoms with E-state index in [2.05, 4.69) is 40.2 Å². The fourth-order valence-corrected chi connectivity index (χ4v) is 4.81. The Morgan fingerprint density at radius 3 is 2.79 bits per heavy atom. The molecule has 1 aliphatic carbocycles. The number of allylic oxidation sites excluding steroid dienone is 4. The van der Waals surface area contributed by atoms with Gasteiger partial charge < -0.3 is 15.8 Å². The van der Waals surface area contributed by atoms with E-state index in [-0.39, 0.29) is 5.88 Å². The molecular formula is C27H27ClN4O. The molecule has 5 nitrogen and oxygen atoms in total. The Kier molecular flexibility index (Phi) is 5.83. The molecule has 3 aromatic rings. The highest BCUT2D eigenvalue weighted by atomic mass is 35.5. The number of rotatable bonds is 4. The molecule has 0 amide bonds. The number of aromatic amines is 1. The van der Waals surface area contributed by atoms with Gasteiger partial charge in [-0.15, -0.1) is 0 Å². The van der Waals surface area contributed by atoms with Crippen molar-refractivity contribution in [2.45, 2.75) is 26.3 Å². The second kappa shape index (κ2) is 8.93. The summed E-state index contributed by atoms with van der Waals surface area (Å²) in [5, 5.41) is 12.1. The van der Waals surface area contributed by atoms with Crippen LogP contribution in [0.1, 0.15) is 30.9 Å². The van der Waals surface area contributed by atoms with E-state index >= 15 is 0 Å². The minimum absolute atomic E-state index is 0.107. The summed E-state index contributed by atoms with van der Waals surface area (Å²) in [6.45, 7) is 4.75. The van der Waals surface area contributed by atoms with Gasteiger partial charge in [0.25, 0.3) is 0 Å². The van der Waals surface area contributed by atoms with Crippen LogP contribution in [0, 0.1) is 0 Å². The van der Waals surface area contributed by atoms with Crippen LogP contribution < -0.4 is 5.73 Å². The molecule has 6 heteroatoms. The van der Waals surface area contributed by atoms with Crippen LogP contribution in [0.3, 0.4) is 0 Å². The topological polar surface area (TPSA) is 77.6 Å². The van der Waals surface area contributed by atoms with Gasteiger partial charge in [0, 0.05) is 41.3 Å². The van der Waals surface area contributed by atoms with Crippen molar-refractivity contribution in [3.63, 3.8) is 0 Å². The number of H-pyrrole nitrogens is 1. The number of nitrogens with two attached hydrogens (primary N) is 1. The third-order valence-electron chi connectivity index (χ3n) is 6.34. The molecule has 0 radical (unpaired) electrons. The van der Waals surface area contributed by atoms with Gasteiger partial charge in [0.15, 0.2) is 5.88 Å². The number of aromatic hydroxyl groups is 1. The van der Waals surface area contributed by atoms with Crippen LogP contribution in [0.5, 0.6) is 5.88 Å². The van der Waals surface area contributed by atoms with Crippen molar-refractivity contribution >= 4 is 39.6 Å². The summed E-state index contributed by atoms with van der Waals surface area (Å²) in [4.78, 5) is 10.2. The van der Waals surface area contributed by atoms with Crippen molar-refractivity contribution in [3.05, 3.63) is 88.0 Å². The number of benzene rings is 2. The molecule has 1 aromatic heterocycles. The lowest BCUT2D eigenvalue weighted by atomic mass is 9.96. The number of nitrogens with one attached hydrogen (secondary N) is 1. The largest absolute Gasteiger partial charge is 0.494 e. The Hall–Kier alpha value is -3.28. The molecule has 5 rings (SSSR count). The van der Waals surface area contributed by atoms with E-state index in [4.69, 9.17) is 22.3 Å². The molecule has 0 unspecified atom stereocenters. The Bertz CT molecular complexity index is 1330. The fourth-order valence-electron chi connectivity index (χ4n) is 4.60. The Morgan fingerprint density at radius 1 is 1.15 bits per heavy atom. The third kappa shape index (κ3) is 4.61. The van der Waals surface area contributed by atoms with E-state index in [9.17, 15) is 5.11 Å². The number of aromatic nitrogens is 1. The Morgan fingerprint density at radius 2 is 1.97 bits per heavy atom. The van der Waals surface area contributed by atoms with Crippen LogP contribution in [-0.4, -0.2) is 33.8 Å². The highest BCUT2D eigenvalue weighted by Crippen LogP contribution is 2.31. The van der Waals surface area contributed by atoms with E-state index in [1.807, 2.05) is 37.3 Å². The minimum Gasteiger partial charge on any atom is -0.494 e. The van der Waals surface area contributed by atoms with Crippen molar-refractivity contribution in [2.24, 2.45) is 4.99 Å². The van der Waals surface area contributed by atoms with Gasteiger partial charge >= 0.3 is 0 Å². The second-order valence-electron chi connectivity index (χ2n) is 8.69. The first-order chi connectivity index (χ1) is 16.0. The lowest BCUT2D eigenvalue weighted by Gasteiger charge is -2.19. The number of anilines is 1. The standard InChI is InChI=1S/C27H27ClN4O/c1-17(26-24-15-22(29)6-9-25(24)31-27(26)33)30-23-7-2-18(3-8-23)16-32-12-10-19-4-5-21(28)14-20(19)11-13-32/h2-3,5-10,14-15,31,33H,4,11-13,16,29H2,1H3. The average molecular weight is 459 g/mol. The maximum absolute atomic E-state index is 10.4. The average Bonchev–Trinajstić information content (AvgIpc) is 2.99. The predicted octanol–water partition coefficient (Wildman–Crippen LogP) is 6.18. The number of fused-ring (bicyclic) bond motifs is 2. The normalized spacial score (nSPS) is 17.3. The first-order valence-corrected chi connectivity index (χ1v) is 11.6. The van der Waals surface area contributed by atoms with Crippen LogP contribution in [0.2, 0.25) is 0 Å². The van der Waals surface area contributed by atoms with Crippen molar-refractivity contribution in [1.82, 2.24) is 9.88 Å². The molecule has 1 aliphatic heterocycles. The zero-order valence-electron chi connectivity index (χ0n) is 18.6. The Labute approximate surface area is 198 Å². The van der Waals surface area contributed by atoms with Crippen LogP contribution in [-0.2, 0) is 6.54 Å². The highest BCUT2D eigenvalue weighted by molar-refractivity contribution is 6.31. The van der Waals surface area contributed by atoms with E-state index in [0.717, 1.165) is 59.8 Å². The first kappa shape index (κ1) is 21.6. The summed E-state index contributed by atoms with van der Waals surface area (Å²) in [5.41, 5.74) is 13.7. The number of hydrogen-bond acceptors (Lipinski definition) is 4. The maximum Gasteiger partial charge on any atom is 0.198 e. The fraction of sp³-hybridized carbons (Fsp3) is 0.222. The SMILES string of the molecule is CC(=Nc1ccc(CN2CC=C3CC=C(Cl)C=C3CC2)cc1)c1c(O)[nH]c2ccc(N)cc12. The van der Waals surface area contributed by atoms with E-state index < -0.39 is 0 Å². The molecule has 0 bridgehead atoms. The van der Waals surface area contributed by atoms with Crippen LogP contribution in [0.25, 0.3) is 10.9 Å². The lowest BCUT2D eigenvalue weighted by Crippen LogP contribution is -2.23. The molecule has 0 saturated carbocycles. The molecule has 2 aromatic carbocycles. The maximum atomic E-state index is 10.4. The van der Waals surface area contributed by atoms with Gasteiger partial charge in [-0.2, -0.15) is 0 Å². The number of nitrogen functional groups attached to an aromatic ring is 1. The smallest absolute Gasteiger partial charge is 0.198 e. The molecule has 0 spiro atoms. The molecule has 2 aliphatic rings. The zero-order chi connectivity index (χ0) is 22.9. The predicted molar refractivity (Wildman–Crippen MR) is 137 cm³/mol. The number of hydrogen-bond donors (Lipinski definition) is 3. The van der Waals surface area contributed by atoms with Gasteiger partial charge in [-0.3, -0.25) is 9.89 Å². The number of aliphatic imine (C=N–C) groups is 1. The highest BCUT2D eigenvalue weighted by Gasteiger charge is 2.17. The van der Waals surface area contributed by atoms with Gasteiger partial charge in [0.05, 0.1) is 17.0 Å². The summed E-state index contributed by atoms with van der Waals surface area (Å²) in [7, 11) is 0. The lowest BCUT2D eigenvalue weighted by molar-refractivity contribution is 0.302. The van der Waals surface area contributed by atoms with Crippen molar-refractivity contribution < 1.29 is 5.11 Å². The molecule has 168 valence electrons.